The molecule has 28 heavy (non-hydrogen) atoms. The molecule has 0 radical (unpaired) electrons. The summed E-state index contributed by atoms with van der Waals surface area (Å²) in [5, 5.41) is 0.920. The van der Waals surface area contributed by atoms with Gasteiger partial charge < -0.3 is 8.83 Å². The number of nitrogens with zero attached hydrogens (tertiary/aromatic N) is 2. The van der Waals surface area contributed by atoms with E-state index in [0.717, 1.165) is 24.0 Å². The highest BCUT2D eigenvalue weighted by atomic mass is 16.4. The molecule has 0 aliphatic heterocycles. The van der Waals surface area contributed by atoms with Crippen molar-refractivity contribution in [2.45, 2.75) is 39.5 Å². The molecule has 0 amide bonds. The van der Waals surface area contributed by atoms with Gasteiger partial charge in [-0.2, -0.15) is 0 Å². The average Bonchev–Trinajstić information content (AvgIpc) is 2.66. The van der Waals surface area contributed by atoms with Gasteiger partial charge in [0.2, 0.25) is 0 Å². The van der Waals surface area contributed by atoms with Crippen molar-refractivity contribution in [2.75, 3.05) is 0 Å². The molecule has 2 aromatic heterocycles. The highest BCUT2D eigenvalue weighted by Gasteiger charge is 2.17. The summed E-state index contributed by atoms with van der Waals surface area (Å²) in [5.41, 5.74) is 2.42. The van der Waals surface area contributed by atoms with Crippen LogP contribution in [0.3, 0.4) is 0 Å². The molecule has 0 fully saturated rings. The number of fused-ring (bicyclic) bond motifs is 2. The monoisotopic (exact) mass is 376 g/mol. The number of hydrogen-bond donors (Lipinski definition) is 0. The van der Waals surface area contributed by atoms with Crippen LogP contribution in [0.4, 0.5) is 0 Å². The molecule has 0 N–H and O–H groups in total. The molecule has 0 aliphatic carbocycles. The van der Waals surface area contributed by atoms with Gasteiger partial charge in [0.1, 0.15) is 0 Å². The standard InChI is InChI=1S/C22H20N2O4/c1-4-5-16(14-6-8-19-17(10-14)21(25)27-12(2)23-19)15-7-9-20-18(11-15)22(26)28-13(3)24-20/h6-11,16H,4-5H2,1-3H3. The number of benzene rings is 2. The summed E-state index contributed by atoms with van der Waals surface area (Å²) < 4.78 is 10.3. The Morgan fingerprint density at radius 1 is 0.821 bits per heavy atom. The first kappa shape index (κ1) is 18.1. The Labute approximate surface area is 160 Å². The first-order chi connectivity index (χ1) is 13.5. The number of aromatic nitrogens is 2. The van der Waals surface area contributed by atoms with Crippen molar-refractivity contribution in [2.24, 2.45) is 0 Å². The van der Waals surface area contributed by atoms with Crippen LogP contribution in [-0.4, -0.2) is 9.97 Å². The summed E-state index contributed by atoms with van der Waals surface area (Å²) in [5.74, 6) is 0.721. The van der Waals surface area contributed by atoms with Gasteiger partial charge >= 0.3 is 11.3 Å². The van der Waals surface area contributed by atoms with Gasteiger partial charge in [-0.1, -0.05) is 25.5 Å². The normalized spacial score (nSPS) is 11.6. The number of aryl methyl sites for hydroxylation is 2. The Balaban J connectivity index is 1.88. The highest BCUT2D eigenvalue weighted by molar-refractivity contribution is 5.79. The zero-order valence-electron chi connectivity index (χ0n) is 16.0. The summed E-state index contributed by atoms with van der Waals surface area (Å²) in [6.45, 7) is 5.42. The molecule has 4 rings (SSSR count). The molecule has 4 aromatic rings. The van der Waals surface area contributed by atoms with Crippen LogP contribution in [-0.2, 0) is 0 Å². The topological polar surface area (TPSA) is 86.2 Å². The van der Waals surface area contributed by atoms with E-state index >= 15 is 0 Å². The quantitative estimate of drug-likeness (QED) is 0.529. The maximum Gasteiger partial charge on any atom is 0.346 e. The van der Waals surface area contributed by atoms with E-state index in [4.69, 9.17) is 8.83 Å². The van der Waals surface area contributed by atoms with Gasteiger partial charge in [-0.15, -0.1) is 0 Å². The van der Waals surface area contributed by atoms with Crippen LogP contribution in [0.2, 0.25) is 0 Å². The molecule has 142 valence electrons. The second-order valence-corrected chi connectivity index (χ2v) is 6.94. The van der Waals surface area contributed by atoms with Crippen LogP contribution in [0.25, 0.3) is 21.8 Å². The maximum atomic E-state index is 12.3. The lowest BCUT2D eigenvalue weighted by Crippen LogP contribution is -2.08. The van der Waals surface area contributed by atoms with Gasteiger partial charge in [-0.25, -0.2) is 19.6 Å². The summed E-state index contributed by atoms with van der Waals surface area (Å²) in [6.07, 6.45) is 1.81. The SMILES string of the molecule is CCCC(c1ccc2nc(C)oc(=O)c2c1)c1ccc2nc(C)oc(=O)c2c1. The van der Waals surface area contributed by atoms with Crippen molar-refractivity contribution in [3.05, 3.63) is 80.1 Å². The summed E-state index contributed by atoms with van der Waals surface area (Å²) in [4.78, 5) is 33.1. The van der Waals surface area contributed by atoms with Crippen molar-refractivity contribution in [1.82, 2.24) is 9.97 Å². The molecule has 2 aromatic carbocycles. The summed E-state index contributed by atoms with van der Waals surface area (Å²) in [7, 11) is 0. The fourth-order valence-electron chi connectivity index (χ4n) is 3.64. The van der Waals surface area contributed by atoms with Gasteiger partial charge in [-0.3, -0.25) is 0 Å². The Morgan fingerprint density at radius 3 is 1.71 bits per heavy atom. The molecule has 2 heterocycles. The van der Waals surface area contributed by atoms with E-state index in [1.807, 2.05) is 36.4 Å². The number of rotatable bonds is 4. The molecular formula is C22H20N2O4. The lowest BCUT2D eigenvalue weighted by molar-refractivity contribution is 0.466. The van der Waals surface area contributed by atoms with E-state index in [0.29, 0.717) is 33.6 Å². The van der Waals surface area contributed by atoms with E-state index in [2.05, 4.69) is 16.9 Å². The minimum absolute atomic E-state index is 0.0280. The van der Waals surface area contributed by atoms with E-state index in [-0.39, 0.29) is 5.92 Å². The fourth-order valence-corrected chi connectivity index (χ4v) is 3.64. The lowest BCUT2D eigenvalue weighted by Gasteiger charge is -2.18. The third-order valence-corrected chi connectivity index (χ3v) is 4.90. The third-order valence-electron chi connectivity index (χ3n) is 4.90. The van der Waals surface area contributed by atoms with Crippen molar-refractivity contribution in [1.29, 1.82) is 0 Å². The van der Waals surface area contributed by atoms with Gasteiger partial charge in [0.15, 0.2) is 11.8 Å². The van der Waals surface area contributed by atoms with Gasteiger partial charge in [-0.05, 0) is 41.8 Å². The Bertz CT molecular complexity index is 1200. The maximum absolute atomic E-state index is 12.3. The van der Waals surface area contributed by atoms with Crippen LogP contribution < -0.4 is 11.3 Å². The average molecular weight is 376 g/mol. The van der Waals surface area contributed by atoms with E-state index < -0.39 is 11.3 Å². The van der Waals surface area contributed by atoms with Gasteiger partial charge in [0, 0.05) is 19.8 Å². The van der Waals surface area contributed by atoms with Crippen molar-refractivity contribution < 1.29 is 8.83 Å². The van der Waals surface area contributed by atoms with Crippen LogP contribution in [0, 0.1) is 13.8 Å². The highest BCUT2D eigenvalue weighted by Crippen LogP contribution is 2.31. The van der Waals surface area contributed by atoms with Crippen LogP contribution in [0.1, 0.15) is 48.6 Å². The molecule has 0 unspecified atom stereocenters. The van der Waals surface area contributed by atoms with E-state index in [1.165, 1.54) is 0 Å². The smallest absolute Gasteiger partial charge is 0.346 e. The Morgan fingerprint density at radius 2 is 1.29 bits per heavy atom. The van der Waals surface area contributed by atoms with E-state index in [1.54, 1.807) is 13.8 Å². The minimum atomic E-state index is -0.390. The predicted molar refractivity (Wildman–Crippen MR) is 107 cm³/mol. The first-order valence-electron chi connectivity index (χ1n) is 9.29. The Kier molecular flexibility index (Phi) is 4.55. The molecule has 0 atom stereocenters. The Hall–Kier alpha value is -3.28. The van der Waals surface area contributed by atoms with Gasteiger partial charge in [0.05, 0.1) is 21.8 Å². The van der Waals surface area contributed by atoms with E-state index in [9.17, 15) is 9.59 Å². The second kappa shape index (κ2) is 7.03. The molecular weight excluding hydrogens is 356 g/mol. The van der Waals surface area contributed by atoms with Crippen molar-refractivity contribution in [3.8, 4) is 0 Å². The molecule has 0 saturated carbocycles. The van der Waals surface area contributed by atoms with Crippen molar-refractivity contribution in [3.63, 3.8) is 0 Å². The molecule has 0 aliphatic rings. The minimum Gasteiger partial charge on any atom is -0.408 e. The summed E-state index contributed by atoms with van der Waals surface area (Å²) >= 11 is 0. The van der Waals surface area contributed by atoms with Crippen molar-refractivity contribution >= 4 is 21.8 Å². The van der Waals surface area contributed by atoms with Crippen LogP contribution in [0.15, 0.2) is 54.8 Å². The molecule has 0 bridgehead atoms. The first-order valence-corrected chi connectivity index (χ1v) is 9.29. The molecule has 0 saturated heterocycles. The third kappa shape index (κ3) is 3.22. The van der Waals surface area contributed by atoms with Crippen LogP contribution in [0.5, 0.6) is 0 Å². The second-order valence-electron chi connectivity index (χ2n) is 6.94. The molecule has 0 spiro atoms. The largest absolute Gasteiger partial charge is 0.408 e. The zero-order chi connectivity index (χ0) is 19.8. The molecule has 6 nitrogen and oxygen atoms in total. The fraction of sp³-hybridized carbons (Fsp3) is 0.273. The zero-order valence-corrected chi connectivity index (χ0v) is 16.0. The number of hydrogen-bond acceptors (Lipinski definition) is 6. The lowest BCUT2D eigenvalue weighted by atomic mass is 9.86. The van der Waals surface area contributed by atoms with Gasteiger partial charge in [0.25, 0.3) is 0 Å². The summed E-state index contributed by atoms with van der Waals surface area (Å²) in [6, 6.07) is 11.3. The van der Waals surface area contributed by atoms with Crippen LogP contribution >= 0.6 is 0 Å². The predicted octanol–water partition coefficient (Wildman–Crippen LogP) is 4.24. The molecule has 6 heteroatoms.